The Kier molecular flexibility index (Phi) is 3.82. The summed E-state index contributed by atoms with van der Waals surface area (Å²) in [6, 6.07) is 0. The summed E-state index contributed by atoms with van der Waals surface area (Å²) in [5.74, 6) is 0. The highest BCUT2D eigenvalue weighted by Crippen LogP contribution is 2.11. The van der Waals surface area contributed by atoms with E-state index in [-0.39, 0.29) is 6.61 Å². The summed E-state index contributed by atoms with van der Waals surface area (Å²) in [5.41, 5.74) is -0.851. The molecule has 0 fully saturated rings. The Morgan fingerprint density at radius 3 is 2.33 bits per heavy atom. The Morgan fingerprint density at radius 1 is 1.44 bits per heavy atom. The van der Waals surface area contributed by atoms with E-state index in [4.69, 9.17) is 5.11 Å². The third-order valence-corrected chi connectivity index (χ3v) is 1.41. The maximum Gasteiger partial charge on any atom is 0.0849 e. The highest BCUT2D eigenvalue weighted by molar-refractivity contribution is 4.69. The monoisotopic (exact) mass is 132 g/mol. The second-order valence-electron chi connectivity index (χ2n) is 2.76. The predicted molar refractivity (Wildman–Crippen MR) is 37.2 cm³/mol. The average Bonchev–Trinajstić information content (AvgIpc) is 1.84. The molecule has 2 N–H and O–H groups in total. The summed E-state index contributed by atoms with van der Waals surface area (Å²) in [6.45, 7) is 3.59. The van der Waals surface area contributed by atoms with Gasteiger partial charge >= 0.3 is 0 Å². The lowest BCUT2D eigenvalue weighted by Gasteiger charge is -2.18. The van der Waals surface area contributed by atoms with Crippen LogP contribution in [-0.4, -0.2) is 22.4 Å². The number of unbranched alkanes of at least 4 members (excludes halogenated alkanes) is 1. The van der Waals surface area contributed by atoms with Crippen LogP contribution < -0.4 is 0 Å². The van der Waals surface area contributed by atoms with Crippen molar-refractivity contribution in [2.45, 2.75) is 38.7 Å². The molecule has 0 aromatic heterocycles. The molecule has 1 atom stereocenters. The van der Waals surface area contributed by atoms with Crippen molar-refractivity contribution in [1.82, 2.24) is 0 Å². The summed E-state index contributed by atoms with van der Waals surface area (Å²) in [7, 11) is 0. The maximum atomic E-state index is 9.20. The van der Waals surface area contributed by atoms with E-state index in [0.29, 0.717) is 6.42 Å². The molecule has 0 aliphatic rings. The highest BCUT2D eigenvalue weighted by atomic mass is 16.3. The number of hydrogen-bond acceptors (Lipinski definition) is 2. The van der Waals surface area contributed by atoms with Gasteiger partial charge in [0.25, 0.3) is 0 Å². The molecule has 2 heteroatoms. The normalized spacial score (nSPS) is 17.3. The molecular weight excluding hydrogens is 116 g/mol. The minimum absolute atomic E-state index is 0.132. The lowest BCUT2D eigenvalue weighted by molar-refractivity contribution is -0.00660. The predicted octanol–water partition coefficient (Wildman–Crippen LogP) is 0.920. The fraction of sp³-hybridized carbons (Fsp3) is 1.00. The van der Waals surface area contributed by atoms with Crippen molar-refractivity contribution in [1.29, 1.82) is 0 Å². The molecule has 0 aliphatic heterocycles. The van der Waals surface area contributed by atoms with Crippen LogP contribution in [0.3, 0.4) is 0 Å². The molecule has 0 aromatic carbocycles. The Balaban J connectivity index is 3.33. The topological polar surface area (TPSA) is 40.5 Å². The second-order valence-corrected chi connectivity index (χ2v) is 2.76. The summed E-state index contributed by atoms with van der Waals surface area (Å²) >= 11 is 0. The first-order chi connectivity index (χ1) is 4.12. The largest absolute Gasteiger partial charge is 0.393 e. The smallest absolute Gasteiger partial charge is 0.0849 e. The molecule has 56 valence electrons. The number of rotatable bonds is 4. The van der Waals surface area contributed by atoms with Crippen molar-refractivity contribution in [2.24, 2.45) is 0 Å². The second kappa shape index (κ2) is 3.85. The van der Waals surface area contributed by atoms with Crippen molar-refractivity contribution < 1.29 is 10.2 Å². The van der Waals surface area contributed by atoms with Gasteiger partial charge in [-0.05, 0) is 13.3 Å². The molecule has 2 nitrogen and oxygen atoms in total. The first-order valence-electron chi connectivity index (χ1n) is 3.45. The molecule has 0 heterocycles. The number of aliphatic hydroxyl groups is 2. The van der Waals surface area contributed by atoms with Crippen LogP contribution in [0.4, 0.5) is 0 Å². The summed E-state index contributed by atoms with van der Waals surface area (Å²) in [5, 5.41) is 17.8. The average molecular weight is 132 g/mol. The van der Waals surface area contributed by atoms with Gasteiger partial charge in [0.15, 0.2) is 0 Å². The van der Waals surface area contributed by atoms with Crippen LogP contribution in [0.15, 0.2) is 0 Å². The molecule has 0 bridgehead atoms. The Morgan fingerprint density at radius 2 is 2.00 bits per heavy atom. The first kappa shape index (κ1) is 8.92. The van der Waals surface area contributed by atoms with Crippen LogP contribution in [0, 0.1) is 0 Å². The van der Waals surface area contributed by atoms with Crippen LogP contribution >= 0.6 is 0 Å². The highest BCUT2D eigenvalue weighted by Gasteiger charge is 2.16. The standard InChI is InChI=1S/C7H16O2/c1-3-4-5-7(2,9)6-8/h8-9H,3-6H2,1-2H3/t7-/m0/s1. The lowest BCUT2D eigenvalue weighted by atomic mass is 10.0. The quantitative estimate of drug-likeness (QED) is 0.597. The molecule has 0 spiro atoms. The zero-order chi connectivity index (χ0) is 7.33. The van der Waals surface area contributed by atoms with Gasteiger partial charge in [0.1, 0.15) is 0 Å². The van der Waals surface area contributed by atoms with E-state index in [1.807, 2.05) is 0 Å². The fourth-order valence-electron chi connectivity index (χ4n) is 0.637. The van der Waals surface area contributed by atoms with Crippen LogP contribution in [0.5, 0.6) is 0 Å². The minimum atomic E-state index is -0.851. The molecule has 9 heavy (non-hydrogen) atoms. The van der Waals surface area contributed by atoms with Gasteiger partial charge in [-0.25, -0.2) is 0 Å². The molecule has 0 saturated heterocycles. The first-order valence-corrected chi connectivity index (χ1v) is 3.45. The van der Waals surface area contributed by atoms with Crippen molar-refractivity contribution in [3.8, 4) is 0 Å². The van der Waals surface area contributed by atoms with E-state index >= 15 is 0 Å². The molecule has 0 rings (SSSR count). The van der Waals surface area contributed by atoms with Crippen molar-refractivity contribution in [3.63, 3.8) is 0 Å². The van der Waals surface area contributed by atoms with Gasteiger partial charge in [-0.3, -0.25) is 0 Å². The van der Waals surface area contributed by atoms with Gasteiger partial charge < -0.3 is 10.2 Å². The summed E-state index contributed by atoms with van der Waals surface area (Å²) < 4.78 is 0. The van der Waals surface area contributed by atoms with Crippen molar-refractivity contribution >= 4 is 0 Å². The third kappa shape index (κ3) is 4.43. The van der Waals surface area contributed by atoms with Gasteiger partial charge in [0.2, 0.25) is 0 Å². The lowest BCUT2D eigenvalue weighted by Crippen LogP contribution is -2.28. The molecule has 0 aliphatic carbocycles. The third-order valence-electron chi connectivity index (χ3n) is 1.41. The van der Waals surface area contributed by atoms with E-state index < -0.39 is 5.60 Å². The Labute approximate surface area is 56.5 Å². The van der Waals surface area contributed by atoms with E-state index in [9.17, 15) is 5.11 Å². The molecule has 0 radical (unpaired) electrons. The molecule has 0 unspecified atom stereocenters. The van der Waals surface area contributed by atoms with Gasteiger partial charge in [-0.15, -0.1) is 0 Å². The SMILES string of the molecule is CCCC[C@](C)(O)CO. The minimum Gasteiger partial charge on any atom is -0.393 e. The van der Waals surface area contributed by atoms with Crippen LogP contribution in [0.2, 0.25) is 0 Å². The number of hydrogen-bond donors (Lipinski definition) is 2. The van der Waals surface area contributed by atoms with Gasteiger partial charge in [-0.2, -0.15) is 0 Å². The zero-order valence-corrected chi connectivity index (χ0v) is 6.22. The van der Waals surface area contributed by atoms with Gasteiger partial charge in [0.05, 0.1) is 12.2 Å². The Hall–Kier alpha value is -0.0800. The van der Waals surface area contributed by atoms with Crippen molar-refractivity contribution in [2.75, 3.05) is 6.61 Å². The van der Waals surface area contributed by atoms with E-state index in [1.165, 1.54) is 0 Å². The molecule has 0 saturated carbocycles. The van der Waals surface area contributed by atoms with E-state index in [0.717, 1.165) is 12.8 Å². The van der Waals surface area contributed by atoms with Crippen LogP contribution in [-0.2, 0) is 0 Å². The molecule has 0 aromatic rings. The van der Waals surface area contributed by atoms with Crippen molar-refractivity contribution in [3.05, 3.63) is 0 Å². The van der Waals surface area contributed by atoms with Gasteiger partial charge in [0, 0.05) is 0 Å². The van der Waals surface area contributed by atoms with E-state index in [1.54, 1.807) is 6.92 Å². The van der Waals surface area contributed by atoms with Gasteiger partial charge in [-0.1, -0.05) is 19.8 Å². The summed E-state index contributed by atoms with van der Waals surface area (Å²) in [4.78, 5) is 0. The molecule has 0 amide bonds. The molecular formula is C7H16O2. The fourth-order valence-corrected chi connectivity index (χ4v) is 0.637. The number of aliphatic hydroxyl groups excluding tert-OH is 1. The van der Waals surface area contributed by atoms with Crippen LogP contribution in [0.1, 0.15) is 33.1 Å². The Bertz CT molecular complexity index is 69.3. The van der Waals surface area contributed by atoms with E-state index in [2.05, 4.69) is 6.92 Å². The van der Waals surface area contributed by atoms with Crippen LogP contribution in [0.25, 0.3) is 0 Å². The zero-order valence-electron chi connectivity index (χ0n) is 6.22. The maximum absolute atomic E-state index is 9.20. The summed E-state index contributed by atoms with van der Waals surface area (Å²) in [6.07, 6.45) is 2.74.